The van der Waals surface area contributed by atoms with Crippen molar-refractivity contribution in [2.24, 2.45) is 0 Å². The highest BCUT2D eigenvalue weighted by atomic mass is 32.1. The molecule has 23 heavy (non-hydrogen) atoms. The lowest BCUT2D eigenvalue weighted by Gasteiger charge is -2.07. The van der Waals surface area contributed by atoms with E-state index in [1.54, 1.807) is 12.1 Å². The number of esters is 1. The van der Waals surface area contributed by atoms with E-state index in [0.717, 1.165) is 30.5 Å². The Balaban J connectivity index is 2.82. The van der Waals surface area contributed by atoms with Crippen molar-refractivity contribution in [2.45, 2.75) is 13.3 Å². The number of carbonyl (C=O) groups is 1. The highest BCUT2D eigenvalue weighted by Crippen LogP contribution is 2.40. The minimum atomic E-state index is -0.863. The molecule has 1 aromatic carbocycles. The molecule has 1 heterocycles. The van der Waals surface area contributed by atoms with Crippen LogP contribution in [0.4, 0.5) is 11.4 Å². The maximum Gasteiger partial charge on any atom is 0.339 e. The molecule has 8 nitrogen and oxygen atoms in total. The summed E-state index contributed by atoms with van der Waals surface area (Å²) in [6.07, 6.45) is 0.735. The first-order chi connectivity index (χ1) is 10.9. The van der Waals surface area contributed by atoms with Gasteiger partial charge in [-0.05, 0) is 18.6 Å². The topological polar surface area (TPSA) is 113 Å². The molecule has 0 N–H and O–H groups in total. The van der Waals surface area contributed by atoms with Gasteiger partial charge in [0.25, 0.3) is 11.4 Å². The number of nitro groups is 2. The fourth-order valence-corrected chi connectivity index (χ4v) is 3.11. The van der Waals surface area contributed by atoms with E-state index in [4.69, 9.17) is 0 Å². The maximum absolute atomic E-state index is 12.0. The van der Waals surface area contributed by atoms with Crippen LogP contribution in [0.15, 0.2) is 24.3 Å². The molecular formula is C14H12N2O6S. The van der Waals surface area contributed by atoms with Crippen LogP contribution in [0.25, 0.3) is 10.4 Å². The Bertz CT molecular complexity index is 799. The Labute approximate surface area is 134 Å². The number of non-ortho nitro benzene ring substituents is 1. The number of rotatable bonds is 5. The van der Waals surface area contributed by atoms with E-state index in [9.17, 15) is 25.0 Å². The van der Waals surface area contributed by atoms with Gasteiger partial charge < -0.3 is 4.74 Å². The Morgan fingerprint density at radius 2 is 1.91 bits per heavy atom. The summed E-state index contributed by atoms with van der Waals surface area (Å²) in [5, 5.41) is 22.3. The second-order valence-corrected chi connectivity index (χ2v) is 5.68. The van der Waals surface area contributed by atoms with Crippen molar-refractivity contribution in [3.63, 3.8) is 0 Å². The molecule has 2 aromatic rings. The monoisotopic (exact) mass is 336 g/mol. The molecular weight excluding hydrogens is 324 g/mol. The summed E-state index contributed by atoms with van der Waals surface area (Å²) < 4.78 is 4.62. The summed E-state index contributed by atoms with van der Waals surface area (Å²) in [6.45, 7) is 1.93. The van der Waals surface area contributed by atoms with Crippen molar-refractivity contribution in [1.29, 1.82) is 0 Å². The van der Waals surface area contributed by atoms with E-state index in [-0.39, 0.29) is 11.1 Å². The summed E-state index contributed by atoms with van der Waals surface area (Å²) in [5.74, 6) is -0.863. The van der Waals surface area contributed by atoms with Crippen molar-refractivity contribution in [3.05, 3.63) is 54.9 Å². The summed E-state index contributed by atoms with van der Waals surface area (Å²) in [7, 11) is 1.11. The number of carbonyl (C=O) groups excluding carboxylic acids is 1. The van der Waals surface area contributed by atoms with Crippen molar-refractivity contribution in [2.75, 3.05) is 7.11 Å². The van der Waals surface area contributed by atoms with Gasteiger partial charge in [-0.25, -0.2) is 4.79 Å². The molecule has 0 fully saturated rings. The minimum absolute atomic E-state index is 0.0390. The Morgan fingerprint density at radius 3 is 2.39 bits per heavy atom. The molecule has 0 aliphatic heterocycles. The molecule has 1 aromatic heterocycles. The van der Waals surface area contributed by atoms with Crippen LogP contribution in [-0.2, 0) is 11.2 Å². The van der Waals surface area contributed by atoms with Crippen LogP contribution in [0.5, 0.6) is 0 Å². The maximum atomic E-state index is 12.0. The lowest BCUT2D eigenvalue weighted by Crippen LogP contribution is -2.07. The second kappa shape index (κ2) is 6.53. The highest BCUT2D eigenvalue weighted by molar-refractivity contribution is 7.15. The molecule has 0 aliphatic rings. The first-order valence-electron chi connectivity index (χ1n) is 6.53. The van der Waals surface area contributed by atoms with Crippen LogP contribution in [-0.4, -0.2) is 22.9 Å². The van der Waals surface area contributed by atoms with Gasteiger partial charge in [0.15, 0.2) is 0 Å². The predicted octanol–water partition coefficient (Wildman–Crippen LogP) is 3.58. The van der Waals surface area contributed by atoms with E-state index >= 15 is 0 Å². The lowest BCUT2D eigenvalue weighted by molar-refractivity contribution is -0.393. The molecule has 0 radical (unpaired) electrons. The zero-order chi connectivity index (χ0) is 17.1. The fraction of sp³-hybridized carbons (Fsp3) is 0.214. The van der Waals surface area contributed by atoms with E-state index < -0.39 is 27.2 Å². The highest BCUT2D eigenvalue weighted by Gasteiger charge is 2.29. The third-order valence-electron chi connectivity index (χ3n) is 3.17. The number of benzene rings is 1. The Hall–Kier alpha value is -2.81. The third kappa shape index (κ3) is 3.19. The lowest BCUT2D eigenvalue weighted by atomic mass is 10.0. The number of aryl methyl sites for hydroxylation is 1. The standard InChI is InChI=1S/C14H12N2O6S/c1-3-9-4-5-12(23-9)13-10(14(17)22-2)6-8(15(18)19)7-11(13)16(20)21/h4-7H,3H2,1-2H3. The first kappa shape index (κ1) is 16.6. The fourth-order valence-electron chi connectivity index (χ4n) is 2.09. The molecule has 0 amide bonds. The number of nitrogens with zero attached hydrogens (tertiary/aromatic N) is 2. The number of hydrogen-bond acceptors (Lipinski definition) is 7. The van der Waals surface area contributed by atoms with E-state index in [0.29, 0.717) is 4.88 Å². The molecule has 0 aliphatic carbocycles. The quantitative estimate of drug-likeness (QED) is 0.468. The average molecular weight is 336 g/mol. The van der Waals surface area contributed by atoms with Crippen LogP contribution >= 0.6 is 11.3 Å². The summed E-state index contributed by atoms with van der Waals surface area (Å²) in [5.41, 5.74) is -1.19. The van der Waals surface area contributed by atoms with E-state index in [1.165, 1.54) is 11.3 Å². The predicted molar refractivity (Wildman–Crippen MR) is 83.8 cm³/mol. The molecule has 0 saturated carbocycles. The van der Waals surface area contributed by atoms with Crippen molar-refractivity contribution >= 4 is 28.7 Å². The van der Waals surface area contributed by atoms with Crippen molar-refractivity contribution < 1.29 is 19.4 Å². The number of hydrogen-bond donors (Lipinski definition) is 0. The van der Waals surface area contributed by atoms with Gasteiger partial charge >= 0.3 is 5.97 Å². The number of thiophene rings is 1. The van der Waals surface area contributed by atoms with E-state index in [1.807, 2.05) is 6.92 Å². The van der Waals surface area contributed by atoms with Gasteiger partial charge in [0.05, 0.1) is 34.1 Å². The smallest absolute Gasteiger partial charge is 0.339 e. The average Bonchev–Trinajstić information content (AvgIpc) is 3.01. The zero-order valence-corrected chi connectivity index (χ0v) is 13.1. The van der Waals surface area contributed by atoms with Crippen LogP contribution in [0.2, 0.25) is 0 Å². The van der Waals surface area contributed by atoms with Crippen molar-refractivity contribution in [1.82, 2.24) is 0 Å². The molecule has 120 valence electrons. The molecule has 0 spiro atoms. The Kier molecular flexibility index (Phi) is 4.70. The van der Waals surface area contributed by atoms with Gasteiger partial charge in [0.2, 0.25) is 0 Å². The largest absolute Gasteiger partial charge is 0.465 e. The molecule has 2 rings (SSSR count). The molecule has 0 unspecified atom stereocenters. The molecule has 9 heteroatoms. The zero-order valence-electron chi connectivity index (χ0n) is 12.3. The molecule has 0 bridgehead atoms. The van der Waals surface area contributed by atoms with Gasteiger partial charge in [-0.3, -0.25) is 20.2 Å². The molecule has 0 saturated heterocycles. The van der Waals surface area contributed by atoms with Gasteiger partial charge in [0.1, 0.15) is 0 Å². The van der Waals surface area contributed by atoms with Crippen LogP contribution in [0.3, 0.4) is 0 Å². The van der Waals surface area contributed by atoms with Gasteiger partial charge in [0, 0.05) is 15.8 Å². The summed E-state index contributed by atoms with van der Waals surface area (Å²) >= 11 is 1.29. The Morgan fingerprint density at radius 1 is 1.22 bits per heavy atom. The second-order valence-electron chi connectivity index (χ2n) is 4.51. The van der Waals surface area contributed by atoms with Crippen LogP contribution in [0.1, 0.15) is 22.2 Å². The van der Waals surface area contributed by atoms with Crippen LogP contribution in [0, 0.1) is 20.2 Å². The minimum Gasteiger partial charge on any atom is -0.465 e. The number of nitro benzene ring substituents is 2. The summed E-state index contributed by atoms with van der Waals surface area (Å²) in [4.78, 5) is 34.2. The van der Waals surface area contributed by atoms with Crippen molar-refractivity contribution in [3.8, 4) is 10.4 Å². The normalized spacial score (nSPS) is 10.3. The van der Waals surface area contributed by atoms with Gasteiger partial charge in [-0.15, -0.1) is 11.3 Å². The van der Waals surface area contributed by atoms with Gasteiger partial charge in [-0.2, -0.15) is 0 Å². The SMILES string of the molecule is CCc1ccc(-c2c(C(=O)OC)cc([N+](=O)[O-])cc2[N+](=O)[O-])s1. The first-order valence-corrected chi connectivity index (χ1v) is 7.34. The molecule has 0 atom stereocenters. The van der Waals surface area contributed by atoms with Gasteiger partial charge in [-0.1, -0.05) is 6.92 Å². The summed E-state index contributed by atoms with van der Waals surface area (Å²) in [6, 6.07) is 5.31. The van der Waals surface area contributed by atoms with Crippen LogP contribution < -0.4 is 0 Å². The number of methoxy groups -OCH3 is 1. The third-order valence-corrected chi connectivity index (χ3v) is 4.42. The van der Waals surface area contributed by atoms with E-state index in [2.05, 4.69) is 4.74 Å². The number of ether oxygens (including phenoxy) is 1.